The van der Waals surface area contributed by atoms with E-state index in [1.807, 2.05) is 12.1 Å². The van der Waals surface area contributed by atoms with Crippen molar-refractivity contribution in [3.63, 3.8) is 0 Å². The van der Waals surface area contributed by atoms with Crippen LogP contribution in [0.1, 0.15) is 50.6 Å². The second-order valence-corrected chi connectivity index (χ2v) is 6.84. The van der Waals surface area contributed by atoms with E-state index in [2.05, 4.69) is 28.2 Å². The van der Waals surface area contributed by atoms with Crippen LogP contribution in [-0.4, -0.2) is 13.7 Å². The van der Waals surface area contributed by atoms with Crippen LogP contribution in [0, 0.1) is 5.92 Å². The quantitative estimate of drug-likeness (QED) is 0.708. The van der Waals surface area contributed by atoms with E-state index in [0.717, 1.165) is 34.1 Å². The molecule has 1 unspecified atom stereocenters. The van der Waals surface area contributed by atoms with Gasteiger partial charge in [0.15, 0.2) is 0 Å². The van der Waals surface area contributed by atoms with Crippen LogP contribution in [0.4, 0.5) is 0 Å². The van der Waals surface area contributed by atoms with Crippen LogP contribution in [0.15, 0.2) is 16.6 Å². The summed E-state index contributed by atoms with van der Waals surface area (Å²) in [6.07, 6.45) is 6.39. The second-order valence-electron chi connectivity index (χ2n) is 5.55. The Morgan fingerprint density at radius 2 is 2.20 bits per heavy atom. The monoisotopic (exact) mass is 359 g/mol. The number of nitrogens with one attached hydrogen (secondary N) is 1. The Labute approximate surface area is 135 Å². The lowest BCUT2D eigenvalue weighted by atomic mass is 9.79. The molecule has 112 valence electrons. The molecule has 1 aliphatic rings. The van der Waals surface area contributed by atoms with Crippen molar-refractivity contribution in [2.45, 2.75) is 45.1 Å². The summed E-state index contributed by atoms with van der Waals surface area (Å²) in [5, 5.41) is 4.41. The van der Waals surface area contributed by atoms with Crippen LogP contribution in [0.3, 0.4) is 0 Å². The third-order valence-electron chi connectivity index (χ3n) is 4.05. The van der Waals surface area contributed by atoms with Crippen molar-refractivity contribution >= 4 is 27.5 Å². The Morgan fingerprint density at radius 3 is 2.75 bits per heavy atom. The predicted octanol–water partition coefficient (Wildman–Crippen LogP) is 5.34. The fraction of sp³-hybridized carbons (Fsp3) is 0.625. The summed E-state index contributed by atoms with van der Waals surface area (Å²) in [6.45, 7) is 3.21. The standard InChI is InChI=1S/C16H23BrClNO/c1-3-7-19-15(8-11-5-4-6-11)13-9-12(18)10-14(17)16(13)20-2/h9-11,15,19H,3-8H2,1-2H3. The molecule has 0 bridgehead atoms. The van der Waals surface area contributed by atoms with Gasteiger partial charge in [-0.3, -0.25) is 0 Å². The number of hydrogen-bond donors (Lipinski definition) is 1. The maximum Gasteiger partial charge on any atom is 0.137 e. The van der Waals surface area contributed by atoms with Crippen molar-refractivity contribution in [3.05, 3.63) is 27.2 Å². The molecule has 1 N–H and O–H groups in total. The van der Waals surface area contributed by atoms with E-state index in [9.17, 15) is 0 Å². The van der Waals surface area contributed by atoms with Crippen molar-refractivity contribution < 1.29 is 4.74 Å². The molecule has 2 nitrogen and oxygen atoms in total. The molecule has 1 aromatic carbocycles. The molecule has 1 aliphatic carbocycles. The van der Waals surface area contributed by atoms with Gasteiger partial charge in [-0.15, -0.1) is 0 Å². The third kappa shape index (κ3) is 3.90. The maximum atomic E-state index is 6.23. The Balaban J connectivity index is 2.25. The summed E-state index contributed by atoms with van der Waals surface area (Å²) < 4.78 is 6.51. The maximum absolute atomic E-state index is 6.23. The average molecular weight is 361 g/mol. The number of rotatable bonds is 7. The molecule has 1 fully saturated rings. The number of benzene rings is 1. The molecule has 0 aromatic heterocycles. The van der Waals surface area contributed by atoms with E-state index < -0.39 is 0 Å². The van der Waals surface area contributed by atoms with Crippen molar-refractivity contribution in [3.8, 4) is 5.75 Å². The highest BCUT2D eigenvalue weighted by Crippen LogP contribution is 2.41. The molecular formula is C16H23BrClNO. The fourth-order valence-electron chi connectivity index (χ4n) is 2.76. The molecule has 2 rings (SSSR count). The van der Waals surface area contributed by atoms with Gasteiger partial charge in [-0.05, 0) is 53.4 Å². The van der Waals surface area contributed by atoms with E-state index in [1.165, 1.54) is 31.2 Å². The number of ether oxygens (including phenoxy) is 1. The molecule has 0 amide bonds. The summed E-state index contributed by atoms with van der Waals surface area (Å²) in [5.74, 6) is 1.74. The lowest BCUT2D eigenvalue weighted by Gasteiger charge is -2.31. The van der Waals surface area contributed by atoms with Crippen LogP contribution >= 0.6 is 27.5 Å². The van der Waals surface area contributed by atoms with Crippen LogP contribution < -0.4 is 10.1 Å². The molecule has 1 atom stereocenters. The Kier molecular flexibility index (Phi) is 6.19. The van der Waals surface area contributed by atoms with Crippen molar-refractivity contribution in [2.24, 2.45) is 5.92 Å². The Hall–Kier alpha value is -0.250. The van der Waals surface area contributed by atoms with Gasteiger partial charge < -0.3 is 10.1 Å². The topological polar surface area (TPSA) is 21.3 Å². The zero-order valence-electron chi connectivity index (χ0n) is 12.2. The number of methoxy groups -OCH3 is 1. The molecule has 0 heterocycles. The van der Waals surface area contributed by atoms with Gasteiger partial charge in [0.1, 0.15) is 5.75 Å². The fourth-order valence-corrected chi connectivity index (χ4v) is 3.75. The second kappa shape index (κ2) is 7.67. The lowest BCUT2D eigenvalue weighted by Crippen LogP contribution is -2.27. The Morgan fingerprint density at radius 1 is 1.45 bits per heavy atom. The average Bonchev–Trinajstić information content (AvgIpc) is 2.36. The van der Waals surface area contributed by atoms with Crippen LogP contribution in [0.25, 0.3) is 0 Å². The Bertz CT molecular complexity index is 448. The normalized spacial score (nSPS) is 16.8. The molecule has 0 spiro atoms. The molecular weight excluding hydrogens is 338 g/mol. The summed E-state index contributed by atoms with van der Waals surface area (Å²) >= 11 is 9.78. The van der Waals surface area contributed by atoms with Gasteiger partial charge in [-0.25, -0.2) is 0 Å². The van der Waals surface area contributed by atoms with Gasteiger partial charge in [0.05, 0.1) is 11.6 Å². The largest absolute Gasteiger partial charge is 0.495 e. The van der Waals surface area contributed by atoms with E-state index >= 15 is 0 Å². The molecule has 0 saturated heterocycles. The van der Waals surface area contributed by atoms with E-state index in [1.54, 1.807) is 7.11 Å². The zero-order valence-corrected chi connectivity index (χ0v) is 14.6. The first-order valence-corrected chi connectivity index (χ1v) is 8.59. The van der Waals surface area contributed by atoms with Crippen molar-refractivity contribution in [2.75, 3.05) is 13.7 Å². The summed E-state index contributed by atoms with van der Waals surface area (Å²) in [7, 11) is 1.72. The van der Waals surface area contributed by atoms with Gasteiger partial charge in [-0.2, -0.15) is 0 Å². The van der Waals surface area contributed by atoms with Gasteiger partial charge in [0.2, 0.25) is 0 Å². The van der Waals surface area contributed by atoms with Gasteiger partial charge >= 0.3 is 0 Å². The summed E-state index contributed by atoms with van der Waals surface area (Å²) in [5.41, 5.74) is 1.17. The van der Waals surface area contributed by atoms with E-state index in [4.69, 9.17) is 16.3 Å². The van der Waals surface area contributed by atoms with Crippen LogP contribution in [0.2, 0.25) is 5.02 Å². The smallest absolute Gasteiger partial charge is 0.137 e. The molecule has 20 heavy (non-hydrogen) atoms. The SMILES string of the molecule is CCCNC(CC1CCC1)c1cc(Cl)cc(Br)c1OC. The lowest BCUT2D eigenvalue weighted by molar-refractivity contribution is 0.258. The molecule has 4 heteroatoms. The predicted molar refractivity (Wildman–Crippen MR) is 88.7 cm³/mol. The first kappa shape index (κ1) is 16.1. The van der Waals surface area contributed by atoms with Gasteiger partial charge in [-0.1, -0.05) is 37.8 Å². The van der Waals surface area contributed by atoms with Crippen LogP contribution in [0.5, 0.6) is 5.75 Å². The van der Waals surface area contributed by atoms with Gasteiger partial charge in [0.25, 0.3) is 0 Å². The molecule has 1 aromatic rings. The number of hydrogen-bond acceptors (Lipinski definition) is 2. The van der Waals surface area contributed by atoms with Crippen LogP contribution in [-0.2, 0) is 0 Å². The minimum atomic E-state index is 0.324. The minimum Gasteiger partial charge on any atom is -0.495 e. The summed E-state index contributed by atoms with van der Waals surface area (Å²) in [4.78, 5) is 0. The highest BCUT2D eigenvalue weighted by Gasteiger charge is 2.25. The first-order valence-electron chi connectivity index (χ1n) is 7.42. The highest BCUT2D eigenvalue weighted by molar-refractivity contribution is 9.10. The minimum absolute atomic E-state index is 0.324. The molecule has 0 aliphatic heterocycles. The molecule has 1 saturated carbocycles. The zero-order chi connectivity index (χ0) is 14.5. The highest BCUT2D eigenvalue weighted by atomic mass is 79.9. The number of halogens is 2. The summed E-state index contributed by atoms with van der Waals surface area (Å²) in [6, 6.07) is 4.26. The van der Waals surface area contributed by atoms with Gasteiger partial charge in [0, 0.05) is 16.6 Å². The third-order valence-corrected chi connectivity index (χ3v) is 4.86. The van der Waals surface area contributed by atoms with E-state index in [-0.39, 0.29) is 0 Å². The molecule has 0 radical (unpaired) electrons. The van der Waals surface area contributed by atoms with E-state index in [0.29, 0.717) is 6.04 Å². The first-order chi connectivity index (χ1) is 9.65. The van der Waals surface area contributed by atoms with Crippen molar-refractivity contribution in [1.29, 1.82) is 0 Å². The van der Waals surface area contributed by atoms with Crippen molar-refractivity contribution in [1.82, 2.24) is 5.32 Å².